The number of ether oxygens (including phenoxy) is 2. The molecule has 0 unspecified atom stereocenters. The van der Waals surface area contributed by atoms with Gasteiger partial charge in [0.15, 0.2) is 5.79 Å². The third-order valence-corrected chi connectivity index (χ3v) is 10.9. The van der Waals surface area contributed by atoms with Gasteiger partial charge in [0.25, 0.3) is 0 Å². The van der Waals surface area contributed by atoms with Gasteiger partial charge in [0.05, 0.1) is 0 Å². The maximum Gasteiger partial charge on any atom is 0.169 e. The average Bonchev–Trinajstić information content (AvgIpc) is 3.46. The Kier molecular flexibility index (Phi) is 8.17. The zero-order chi connectivity index (χ0) is 31.9. The highest BCUT2D eigenvalue weighted by Gasteiger charge is 2.81. The number of hydrogen-bond donors (Lipinski definition) is 4. The molecule has 46 heavy (non-hydrogen) atoms. The molecule has 6 nitrogen and oxygen atoms in total. The SMILES string of the molecule is O[C@]1(Cc2ccccc2)[C@](O)(Cc2ccccc2)[C@@](O)(Cc2ccccc2)[C@H]2OC3(CCCCC3)O[C@H]2[C@]1(O)Cc1ccccc1. The minimum atomic E-state index is -2.30. The normalized spacial score (nSPS) is 33.5. The van der Waals surface area contributed by atoms with E-state index in [-0.39, 0.29) is 25.7 Å². The van der Waals surface area contributed by atoms with Crippen molar-refractivity contribution >= 4 is 0 Å². The van der Waals surface area contributed by atoms with E-state index in [4.69, 9.17) is 9.47 Å². The minimum absolute atomic E-state index is 0.0176. The van der Waals surface area contributed by atoms with Crippen LogP contribution in [0.2, 0.25) is 0 Å². The molecule has 0 radical (unpaired) electrons. The fourth-order valence-electron chi connectivity index (χ4n) is 8.51. The van der Waals surface area contributed by atoms with Crippen molar-refractivity contribution in [1.82, 2.24) is 0 Å². The molecule has 7 rings (SSSR count). The number of fused-ring (bicyclic) bond motifs is 1. The maximum absolute atomic E-state index is 13.5. The third-order valence-electron chi connectivity index (χ3n) is 10.9. The number of rotatable bonds is 8. The fourth-order valence-corrected chi connectivity index (χ4v) is 8.51. The molecular weight excluding hydrogens is 576 g/mol. The molecule has 2 aliphatic carbocycles. The van der Waals surface area contributed by atoms with Gasteiger partial charge in [-0.3, -0.25) is 0 Å². The Morgan fingerprint density at radius 2 is 0.739 bits per heavy atom. The van der Waals surface area contributed by atoms with Gasteiger partial charge in [0.2, 0.25) is 0 Å². The zero-order valence-corrected chi connectivity index (χ0v) is 26.2. The lowest BCUT2D eigenvalue weighted by Crippen LogP contribution is -2.88. The van der Waals surface area contributed by atoms with Gasteiger partial charge in [0.1, 0.15) is 34.6 Å². The highest BCUT2D eigenvalue weighted by molar-refractivity contribution is 5.40. The van der Waals surface area contributed by atoms with E-state index in [1.54, 1.807) is 0 Å². The summed E-state index contributed by atoms with van der Waals surface area (Å²) in [6, 6.07) is 37.8. The van der Waals surface area contributed by atoms with Crippen LogP contribution in [0.25, 0.3) is 0 Å². The quantitative estimate of drug-likeness (QED) is 0.212. The molecule has 6 atom stereocenters. The number of benzene rings is 4. The van der Waals surface area contributed by atoms with E-state index >= 15 is 0 Å². The molecule has 4 N–H and O–H groups in total. The lowest BCUT2D eigenvalue weighted by atomic mass is 9.49. The van der Waals surface area contributed by atoms with Crippen LogP contribution in [0.5, 0.6) is 0 Å². The van der Waals surface area contributed by atoms with Crippen molar-refractivity contribution in [2.24, 2.45) is 0 Å². The predicted molar refractivity (Wildman–Crippen MR) is 176 cm³/mol. The number of aliphatic hydroxyl groups is 4. The summed E-state index contributed by atoms with van der Waals surface area (Å²) in [5.41, 5.74) is -5.75. The van der Waals surface area contributed by atoms with Gasteiger partial charge >= 0.3 is 0 Å². The third kappa shape index (κ3) is 5.12. The molecule has 6 heteroatoms. The Bertz CT molecular complexity index is 1480. The van der Waals surface area contributed by atoms with Crippen LogP contribution in [0.4, 0.5) is 0 Å². The number of hydrogen-bond acceptors (Lipinski definition) is 6. The average molecular weight is 621 g/mol. The van der Waals surface area contributed by atoms with E-state index in [0.717, 1.165) is 41.5 Å². The Balaban J connectivity index is 1.49. The molecule has 1 heterocycles. The molecule has 1 spiro atoms. The van der Waals surface area contributed by atoms with E-state index in [0.29, 0.717) is 12.8 Å². The second kappa shape index (κ2) is 12.0. The van der Waals surface area contributed by atoms with Crippen molar-refractivity contribution < 1.29 is 29.9 Å². The molecule has 0 aromatic heterocycles. The first-order valence-electron chi connectivity index (χ1n) is 16.6. The summed E-state index contributed by atoms with van der Waals surface area (Å²) in [6.45, 7) is 0. The smallest absolute Gasteiger partial charge is 0.169 e. The van der Waals surface area contributed by atoms with Crippen molar-refractivity contribution in [3.05, 3.63) is 144 Å². The van der Waals surface area contributed by atoms with Gasteiger partial charge in [-0.25, -0.2) is 0 Å². The van der Waals surface area contributed by atoms with Gasteiger partial charge in [-0.15, -0.1) is 0 Å². The van der Waals surface area contributed by atoms with Crippen LogP contribution in [0.15, 0.2) is 121 Å². The van der Waals surface area contributed by atoms with E-state index < -0.39 is 40.4 Å². The molecule has 4 aromatic rings. The molecular formula is C40H44O6. The first-order valence-corrected chi connectivity index (χ1v) is 16.6. The van der Waals surface area contributed by atoms with Crippen LogP contribution in [0, 0.1) is 0 Å². The van der Waals surface area contributed by atoms with Crippen LogP contribution in [-0.4, -0.2) is 60.8 Å². The van der Waals surface area contributed by atoms with Crippen molar-refractivity contribution in [1.29, 1.82) is 0 Å². The Hall–Kier alpha value is -3.36. The molecule has 3 aliphatic rings. The predicted octanol–water partition coefficient (Wildman–Crippen LogP) is 5.34. The molecule has 1 aliphatic heterocycles. The van der Waals surface area contributed by atoms with Crippen molar-refractivity contribution in [3.8, 4) is 0 Å². The highest BCUT2D eigenvalue weighted by Crippen LogP contribution is 2.60. The second-order valence-electron chi connectivity index (χ2n) is 13.8. The molecule has 240 valence electrons. The van der Waals surface area contributed by atoms with Crippen LogP contribution < -0.4 is 0 Å². The summed E-state index contributed by atoms with van der Waals surface area (Å²) in [4.78, 5) is 0. The lowest BCUT2D eigenvalue weighted by molar-refractivity contribution is -0.364. The lowest BCUT2D eigenvalue weighted by Gasteiger charge is -2.65. The Morgan fingerprint density at radius 1 is 0.435 bits per heavy atom. The fraction of sp³-hybridized carbons (Fsp3) is 0.400. The van der Waals surface area contributed by atoms with Crippen LogP contribution in [0.1, 0.15) is 54.4 Å². The molecule has 0 amide bonds. The van der Waals surface area contributed by atoms with E-state index in [2.05, 4.69) is 0 Å². The Labute approximate surface area is 271 Å². The van der Waals surface area contributed by atoms with Crippen molar-refractivity contribution in [3.63, 3.8) is 0 Å². The summed E-state index contributed by atoms with van der Waals surface area (Å²) in [6.07, 6.45) is 1.47. The molecule has 2 saturated carbocycles. The van der Waals surface area contributed by atoms with Gasteiger partial charge < -0.3 is 29.9 Å². The van der Waals surface area contributed by atoms with Gasteiger partial charge in [0, 0.05) is 38.5 Å². The topological polar surface area (TPSA) is 99.4 Å². The van der Waals surface area contributed by atoms with E-state index in [9.17, 15) is 20.4 Å². The van der Waals surface area contributed by atoms with Gasteiger partial charge in [-0.05, 0) is 35.1 Å². The van der Waals surface area contributed by atoms with Gasteiger partial charge in [-0.1, -0.05) is 128 Å². The second-order valence-corrected chi connectivity index (χ2v) is 13.8. The first-order chi connectivity index (χ1) is 22.2. The van der Waals surface area contributed by atoms with Crippen LogP contribution in [0.3, 0.4) is 0 Å². The summed E-state index contributed by atoms with van der Waals surface area (Å²) in [5.74, 6) is -1.03. The molecule has 0 bridgehead atoms. The van der Waals surface area contributed by atoms with E-state index in [1.807, 2.05) is 121 Å². The van der Waals surface area contributed by atoms with Crippen LogP contribution >= 0.6 is 0 Å². The van der Waals surface area contributed by atoms with Crippen molar-refractivity contribution in [2.75, 3.05) is 0 Å². The van der Waals surface area contributed by atoms with Gasteiger partial charge in [-0.2, -0.15) is 0 Å². The maximum atomic E-state index is 13.5. The van der Waals surface area contributed by atoms with Crippen molar-refractivity contribution in [2.45, 2.75) is 98.2 Å². The summed E-state index contributed by atoms with van der Waals surface area (Å²) in [7, 11) is 0. The molecule has 1 saturated heterocycles. The van der Waals surface area contributed by atoms with E-state index in [1.165, 1.54) is 0 Å². The summed E-state index contributed by atoms with van der Waals surface area (Å²) < 4.78 is 13.8. The molecule has 4 aromatic carbocycles. The first kappa shape index (κ1) is 31.3. The Morgan fingerprint density at radius 3 is 1.07 bits per heavy atom. The summed E-state index contributed by atoms with van der Waals surface area (Å²) >= 11 is 0. The highest BCUT2D eigenvalue weighted by atomic mass is 16.8. The van der Waals surface area contributed by atoms with Crippen LogP contribution in [-0.2, 0) is 35.2 Å². The largest absolute Gasteiger partial charge is 0.384 e. The standard InChI is InChI=1S/C40H44O6/c41-37(26-30-16-6-1-7-17-30)34-35(46-36(45-34)24-14-5-15-25-36)38(42,27-31-18-8-2-9-19-31)40(44,29-33-22-12-4-13-23-33)39(37,43)28-32-20-10-3-11-21-32/h1-4,6-13,16-23,34-35,41-44H,5,14-15,24-29H2/t34-,35+,37-,38-,39+,40+/m1/s1. The monoisotopic (exact) mass is 620 g/mol. The minimum Gasteiger partial charge on any atom is -0.384 e. The zero-order valence-electron chi connectivity index (χ0n) is 26.2. The summed E-state index contributed by atoms with van der Waals surface area (Å²) in [5, 5.41) is 53.8. The molecule has 3 fully saturated rings.